The summed E-state index contributed by atoms with van der Waals surface area (Å²) in [5, 5.41) is 8.91. The van der Waals surface area contributed by atoms with Crippen LogP contribution in [0.15, 0.2) is 24.3 Å². The molecule has 1 spiro atoms. The highest BCUT2D eigenvalue weighted by molar-refractivity contribution is 5.85. The van der Waals surface area contributed by atoms with Crippen molar-refractivity contribution in [2.75, 3.05) is 32.8 Å². The smallest absolute Gasteiger partial charge is 0.381 e. The van der Waals surface area contributed by atoms with Crippen LogP contribution in [-0.4, -0.2) is 52.5 Å². The standard InChI is InChI=1S/C25H33F3N4O.ClH/c1-31-22(29-30-23(31)19-9-14-33-15-10-19)4-2-3-12-32-13-11-24(17-32)16-21(24)18-5-7-20(8-6-18)25(26,27)28;/h5-8,19,21H,2-4,9-17H2,1H3;1H. The van der Waals surface area contributed by atoms with Gasteiger partial charge in [0, 0.05) is 39.1 Å². The van der Waals surface area contributed by atoms with Crippen molar-refractivity contribution in [1.29, 1.82) is 0 Å². The second-order valence-electron chi connectivity index (χ2n) is 10.1. The molecule has 2 aliphatic heterocycles. The van der Waals surface area contributed by atoms with Crippen molar-refractivity contribution in [2.24, 2.45) is 12.5 Å². The third-order valence-electron chi connectivity index (χ3n) is 8.00. The lowest BCUT2D eigenvalue weighted by molar-refractivity contribution is -0.137. The minimum atomic E-state index is -4.26. The van der Waals surface area contributed by atoms with E-state index in [4.69, 9.17) is 4.74 Å². The van der Waals surface area contributed by atoms with Crippen molar-refractivity contribution < 1.29 is 17.9 Å². The molecular weight excluding hydrogens is 465 g/mol. The Balaban J connectivity index is 0.00000274. The molecule has 5 nitrogen and oxygen atoms in total. The summed E-state index contributed by atoms with van der Waals surface area (Å²) in [5.74, 6) is 3.03. The number of hydrogen-bond donors (Lipinski definition) is 0. The van der Waals surface area contributed by atoms with Crippen molar-refractivity contribution in [2.45, 2.75) is 63.0 Å². The van der Waals surface area contributed by atoms with Crippen molar-refractivity contribution in [3.8, 4) is 0 Å². The van der Waals surface area contributed by atoms with Gasteiger partial charge in [0.05, 0.1) is 5.56 Å². The fraction of sp³-hybridized carbons (Fsp3) is 0.680. The van der Waals surface area contributed by atoms with E-state index in [-0.39, 0.29) is 17.8 Å². The maximum atomic E-state index is 12.8. The number of ether oxygens (including phenoxy) is 1. The minimum Gasteiger partial charge on any atom is -0.381 e. The molecule has 9 heteroatoms. The van der Waals surface area contributed by atoms with Gasteiger partial charge in [-0.25, -0.2) is 0 Å². The molecule has 0 N–H and O–H groups in total. The molecule has 1 aromatic heterocycles. The van der Waals surface area contributed by atoms with Crippen LogP contribution in [0.3, 0.4) is 0 Å². The summed E-state index contributed by atoms with van der Waals surface area (Å²) in [6.07, 6.45) is 3.19. The first kappa shape index (κ1) is 25.5. The molecule has 2 atom stereocenters. The molecule has 5 rings (SSSR count). The lowest BCUT2D eigenvalue weighted by Gasteiger charge is -2.21. The average molecular weight is 499 g/mol. The van der Waals surface area contributed by atoms with Gasteiger partial charge in [-0.1, -0.05) is 12.1 Å². The third-order valence-corrected chi connectivity index (χ3v) is 8.00. The molecule has 2 unspecified atom stereocenters. The van der Waals surface area contributed by atoms with E-state index in [0.29, 0.717) is 11.8 Å². The molecule has 3 aliphatic rings. The highest BCUT2D eigenvalue weighted by Gasteiger charge is 2.57. The van der Waals surface area contributed by atoms with Crippen LogP contribution in [0.4, 0.5) is 13.2 Å². The number of unbranched alkanes of at least 4 members (excludes halogenated alkanes) is 1. The predicted molar refractivity (Wildman–Crippen MR) is 126 cm³/mol. The first-order valence-electron chi connectivity index (χ1n) is 12.2. The van der Waals surface area contributed by atoms with E-state index < -0.39 is 11.7 Å². The number of hydrogen-bond acceptors (Lipinski definition) is 4. The van der Waals surface area contributed by atoms with Gasteiger partial charge in [0.25, 0.3) is 0 Å². The van der Waals surface area contributed by atoms with Crippen LogP contribution in [0.2, 0.25) is 0 Å². The van der Waals surface area contributed by atoms with E-state index in [1.807, 2.05) is 0 Å². The minimum absolute atomic E-state index is 0. The van der Waals surface area contributed by atoms with Crippen molar-refractivity contribution in [1.82, 2.24) is 19.7 Å². The number of nitrogens with zero attached hydrogens (tertiary/aromatic N) is 4. The van der Waals surface area contributed by atoms with Gasteiger partial charge in [0.2, 0.25) is 0 Å². The zero-order valence-electron chi connectivity index (χ0n) is 19.7. The molecule has 2 aromatic rings. The normalized spacial score (nSPS) is 25.6. The molecule has 0 bridgehead atoms. The van der Waals surface area contributed by atoms with Crippen LogP contribution in [0.5, 0.6) is 0 Å². The van der Waals surface area contributed by atoms with E-state index in [2.05, 4.69) is 26.7 Å². The summed E-state index contributed by atoms with van der Waals surface area (Å²) in [4.78, 5) is 2.54. The second kappa shape index (κ2) is 10.2. The molecule has 0 radical (unpaired) electrons. The van der Waals surface area contributed by atoms with Crippen LogP contribution >= 0.6 is 12.4 Å². The Bertz CT molecular complexity index is 958. The largest absolute Gasteiger partial charge is 0.416 e. The van der Waals surface area contributed by atoms with E-state index >= 15 is 0 Å². The Morgan fingerprint density at radius 1 is 1.09 bits per heavy atom. The Kier molecular flexibility index (Phi) is 7.60. The maximum absolute atomic E-state index is 12.8. The van der Waals surface area contributed by atoms with E-state index in [1.54, 1.807) is 12.1 Å². The average Bonchev–Trinajstić information content (AvgIpc) is 3.15. The lowest BCUT2D eigenvalue weighted by Crippen LogP contribution is -2.23. The Hall–Kier alpha value is -1.64. The van der Waals surface area contributed by atoms with Gasteiger partial charge in [-0.05, 0) is 80.6 Å². The van der Waals surface area contributed by atoms with Crippen molar-refractivity contribution in [3.05, 3.63) is 47.0 Å². The van der Waals surface area contributed by atoms with Crippen LogP contribution in [0, 0.1) is 5.41 Å². The molecule has 3 heterocycles. The third kappa shape index (κ3) is 5.29. The molecule has 188 valence electrons. The number of benzene rings is 1. The quantitative estimate of drug-likeness (QED) is 0.482. The van der Waals surface area contributed by atoms with Crippen LogP contribution in [-0.2, 0) is 24.4 Å². The SMILES string of the molecule is Cl.Cn1c(CCCCN2CCC3(CC3c3ccc(C(F)(F)F)cc3)C2)nnc1C1CCOCC1. The van der Waals surface area contributed by atoms with E-state index in [1.165, 1.54) is 12.1 Å². The zero-order chi connectivity index (χ0) is 23.1. The van der Waals surface area contributed by atoms with E-state index in [9.17, 15) is 13.2 Å². The number of likely N-dealkylation sites (tertiary alicyclic amines) is 1. The topological polar surface area (TPSA) is 43.2 Å². The van der Waals surface area contributed by atoms with Gasteiger partial charge in [-0.3, -0.25) is 0 Å². The second-order valence-corrected chi connectivity index (χ2v) is 10.1. The van der Waals surface area contributed by atoms with Gasteiger partial charge in [0.1, 0.15) is 11.6 Å². The highest BCUT2D eigenvalue weighted by atomic mass is 35.5. The molecule has 3 fully saturated rings. The Labute approximate surface area is 205 Å². The van der Waals surface area contributed by atoms with Gasteiger partial charge in [-0.2, -0.15) is 13.2 Å². The molecule has 2 saturated heterocycles. The highest BCUT2D eigenvalue weighted by Crippen LogP contribution is 2.64. The first-order chi connectivity index (χ1) is 15.9. The van der Waals surface area contributed by atoms with Crippen LogP contribution in [0.1, 0.15) is 73.1 Å². The van der Waals surface area contributed by atoms with Gasteiger partial charge in [0.15, 0.2) is 0 Å². The van der Waals surface area contributed by atoms with Crippen LogP contribution in [0.25, 0.3) is 0 Å². The fourth-order valence-electron chi connectivity index (χ4n) is 5.87. The summed E-state index contributed by atoms with van der Waals surface area (Å²) >= 11 is 0. The van der Waals surface area contributed by atoms with Crippen molar-refractivity contribution >= 4 is 12.4 Å². The fourth-order valence-corrected chi connectivity index (χ4v) is 5.87. The summed E-state index contributed by atoms with van der Waals surface area (Å²) in [7, 11) is 2.08. The molecular formula is C25H34ClF3N4O. The zero-order valence-corrected chi connectivity index (χ0v) is 20.5. The number of rotatable bonds is 7. The summed E-state index contributed by atoms with van der Waals surface area (Å²) < 4.78 is 46.1. The van der Waals surface area contributed by atoms with Gasteiger partial charge in [-0.15, -0.1) is 22.6 Å². The molecule has 1 aromatic carbocycles. The number of aromatic nitrogens is 3. The molecule has 34 heavy (non-hydrogen) atoms. The molecule has 1 saturated carbocycles. The van der Waals surface area contributed by atoms with E-state index in [0.717, 1.165) is 95.0 Å². The van der Waals surface area contributed by atoms with Gasteiger partial charge >= 0.3 is 6.18 Å². The first-order valence-corrected chi connectivity index (χ1v) is 12.2. The molecule has 0 amide bonds. The van der Waals surface area contributed by atoms with Crippen LogP contribution < -0.4 is 0 Å². The number of aryl methyl sites for hydroxylation is 1. The maximum Gasteiger partial charge on any atom is 0.416 e. The summed E-state index contributed by atoms with van der Waals surface area (Å²) in [6.45, 7) is 4.85. The number of halogens is 4. The summed E-state index contributed by atoms with van der Waals surface area (Å²) in [5.41, 5.74) is 0.784. The Morgan fingerprint density at radius 3 is 2.53 bits per heavy atom. The predicted octanol–water partition coefficient (Wildman–Crippen LogP) is 5.35. The Morgan fingerprint density at radius 2 is 1.82 bits per heavy atom. The lowest BCUT2D eigenvalue weighted by atomic mass is 9.97. The number of alkyl halides is 3. The van der Waals surface area contributed by atoms with Gasteiger partial charge < -0.3 is 14.2 Å². The van der Waals surface area contributed by atoms with Crippen molar-refractivity contribution in [3.63, 3.8) is 0 Å². The monoisotopic (exact) mass is 498 g/mol. The molecule has 1 aliphatic carbocycles. The summed E-state index contributed by atoms with van der Waals surface area (Å²) in [6, 6.07) is 5.82.